The van der Waals surface area contributed by atoms with Gasteiger partial charge in [0, 0.05) is 19.4 Å². The van der Waals surface area contributed by atoms with Crippen LogP contribution in [0.4, 0.5) is 5.95 Å². The van der Waals surface area contributed by atoms with Gasteiger partial charge in [-0.1, -0.05) is 0 Å². The second kappa shape index (κ2) is 5.63. The van der Waals surface area contributed by atoms with Crippen molar-refractivity contribution in [1.82, 2.24) is 19.9 Å². The Kier molecular flexibility index (Phi) is 3.78. The van der Waals surface area contributed by atoms with E-state index in [1.807, 2.05) is 0 Å². The van der Waals surface area contributed by atoms with E-state index >= 15 is 0 Å². The predicted molar refractivity (Wildman–Crippen MR) is 79.1 cm³/mol. The molecule has 1 aliphatic rings. The number of H-pyrrole nitrogens is 1. The van der Waals surface area contributed by atoms with E-state index in [0.717, 1.165) is 0 Å². The second-order valence-corrected chi connectivity index (χ2v) is 5.61. The van der Waals surface area contributed by atoms with Crippen molar-refractivity contribution in [3.8, 4) is 0 Å². The molecule has 0 saturated carbocycles. The SMILES string of the molecule is CNC(=O)CC1COC(n2c[n+](C)c3c(=O)[nH]c(N)nc32)[C@@H]1O. The molecular formula is C13H19N6O4+. The van der Waals surface area contributed by atoms with E-state index in [-0.39, 0.29) is 36.4 Å². The summed E-state index contributed by atoms with van der Waals surface area (Å²) in [6, 6.07) is 0. The quantitative estimate of drug-likeness (QED) is 0.472. The van der Waals surface area contributed by atoms with Crippen LogP contribution in [0.3, 0.4) is 0 Å². The highest BCUT2D eigenvalue weighted by molar-refractivity contribution is 5.75. The Morgan fingerprint density at radius 2 is 2.43 bits per heavy atom. The number of ether oxygens (including phenoxy) is 1. The monoisotopic (exact) mass is 323 g/mol. The molecule has 10 heteroatoms. The average molecular weight is 323 g/mol. The lowest BCUT2D eigenvalue weighted by Crippen LogP contribution is -2.32. The molecule has 3 rings (SSSR count). The van der Waals surface area contributed by atoms with E-state index in [0.29, 0.717) is 11.2 Å². The molecule has 0 aromatic carbocycles. The number of aromatic amines is 1. The minimum absolute atomic E-state index is 0.0168. The first-order chi connectivity index (χ1) is 10.9. The summed E-state index contributed by atoms with van der Waals surface area (Å²) < 4.78 is 8.79. The highest BCUT2D eigenvalue weighted by Crippen LogP contribution is 2.31. The Morgan fingerprint density at radius 1 is 1.70 bits per heavy atom. The first-order valence-electron chi connectivity index (χ1n) is 7.18. The molecule has 1 amide bonds. The number of hydrogen-bond donors (Lipinski definition) is 4. The van der Waals surface area contributed by atoms with E-state index in [2.05, 4.69) is 15.3 Å². The summed E-state index contributed by atoms with van der Waals surface area (Å²) in [5, 5.41) is 13.0. The Bertz CT molecular complexity index is 813. The number of nitrogens with zero attached hydrogens (tertiary/aromatic N) is 3. The lowest BCUT2D eigenvalue weighted by atomic mass is 10.0. The van der Waals surface area contributed by atoms with Gasteiger partial charge in [-0.3, -0.25) is 14.6 Å². The second-order valence-electron chi connectivity index (χ2n) is 5.61. The number of anilines is 1. The number of nitrogens with one attached hydrogen (secondary N) is 2. The van der Waals surface area contributed by atoms with Crippen molar-refractivity contribution >= 4 is 23.0 Å². The first-order valence-corrected chi connectivity index (χ1v) is 7.18. The van der Waals surface area contributed by atoms with E-state index in [1.54, 1.807) is 29.6 Å². The fraction of sp³-hybridized carbons (Fsp3) is 0.538. The molecule has 1 saturated heterocycles. The van der Waals surface area contributed by atoms with Gasteiger partial charge in [0.1, 0.15) is 6.10 Å². The molecule has 1 aliphatic heterocycles. The fourth-order valence-electron chi connectivity index (χ4n) is 2.87. The number of hydrogen-bond acceptors (Lipinski definition) is 6. The molecule has 0 aliphatic carbocycles. The lowest BCUT2D eigenvalue weighted by molar-refractivity contribution is -0.646. The number of carbonyl (C=O) groups excluding carboxylic acids is 1. The van der Waals surface area contributed by atoms with Gasteiger partial charge in [-0.05, 0) is 0 Å². The molecule has 10 nitrogen and oxygen atoms in total. The average Bonchev–Trinajstić information content (AvgIpc) is 3.00. The molecule has 3 heterocycles. The summed E-state index contributed by atoms with van der Waals surface area (Å²) in [5.74, 6) is -0.515. The maximum atomic E-state index is 12.0. The zero-order chi connectivity index (χ0) is 16.7. The summed E-state index contributed by atoms with van der Waals surface area (Å²) in [6.45, 7) is 0.237. The van der Waals surface area contributed by atoms with Crippen molar-refractivity contribution in [2.75, 3.05) is 19.4 Å². The molecule has 0 bridgehead atoms. The van der Waals surface area contributed by atoms with Crippen LogP contribution in [0, 0.1) is 5.92 Å². The summed E-state index contributed by atoms with van der Waals surface area (Å²) in [6.07, 6.45) is 0.144. The maximum Gasteiger partial charge on any atom is 0.304 e. The number of fused-ring (bicyclic) bond motifs is 1. The standard InChI is InChI=1S/C13H18N6O4/c1-15-7(20)3-6-4-23-12(9(6)21)19-5-18(2)8-10(19)16-13(14)17-11(8)22/h5-6,9,12,21H,3-4H2,1-2H3,(H3-,14,15,16,17,20,22)/p+1/t6?,9-,12?/m1/s1. The molecule has 23 heavy (non-hydrogen) atoms. The van der Waals surface area contributed by atoms with Gasteiger partial charge in [0.2, 0.25) is 24.4 Å². The normalized spacial score (nSPS) is 24.2. The number of amides is 1. The van der Waals surface area contributed by atoms with Crippen molar-refractivity contribution in [2.24, 2.45) is 13.0 Å². The summed E-state index contributed by atoms with van der Waals surface area (Å²) in [5.41, 5.74) is 5.87. The maximum absolute atomic E-state index is 12.0. The third kappa shape index (κ3) is 2.55. The van der Waals surface area contributed by atoms with Crippen molar-refractivity contribution in [3.63, 3.8) is 0 Å². The molecule has 124 valence electrons. The Labute approximate surface area is 130 Å². The number of imidazole rings is 1. The van der Waals surface area contributed by atoms with E-state index in [1.165, 1.54) is 0 Å². The number of aryl methyl sites for hydroxylation is 1. The van der Waals surface area contributed by atoms with Gasteiger partial charge < -0.3 is 20.9 Å². The number of nitrogen functional groups attached to an aromatic ring is 1. The third-order valence-electron chi connectivity index (χ3n) is 4.05. The minimum atomic E-state index is -0.898. The molecule has 2 aromatic rings. The van der Waals surface area contributed by atoms with Gasteiger partial charge in [-0.25, -0.2) is 4.57 Å². The smallest absolute Gasteiger partial charge is 0.304 e. The van der Waals surface area contributed by atoms with Crippen LogP contribution in [0.15, 0.2) is 11.1 Å². The van der Waals surface area contributed by atoms with Gasteiger partial charge in [0.05, 0.1) is 13.7 Å². The van der Waals surface area contributed by atoms with E-state index in [4.69, 9.17) is 10.5 Å². The van der Waals surface area contributed by atoms with Crippen molar-refractivity contribution in [3.05, 3.63) is 16.7 Å². The molecule has 0 spiro atoms. The molecular weight excluding hydrogens is 304 g/mol. The molecule has 0 radical (unpaired) electrons. The highest BCUT2D eigenvalue weighted by atomic mass is 16.5. The van der Waals surface area contributed by atoms with Gasteiger partial charge in [-0.15, -0.1) is 0 Å². The number of aliphatic hydroxyl groups excluding tert-OH is 1. The number of aliphatic hydroxyl groups is 1. The van der Waals surface area contributed by atoms with Gasteiger partial charge in [0.15, 0.2) is 0 Å². The zero-order valence-electron chi connectivity index (χ0n) is 12.8. The summed E-state index contributed by atoms with van der Waals surface area (Å²) in [4.78, 5) is 30.1. The van der Waals surface area contributed by atoms with E-state index < -0.39 is 12.3 Å². The zero-order valence-corrected chi connectivity index (χ0v) is 12.8. The van der Waals surface area contributed by atoms with Crippen molar-refractivity contribution in [1.29, 1.82) is 0 Å². The number of rotatable bonds is 3. The largest absolute Gasteiger partial charge is 0.386 e. The Balaban J connectivity index is 1.98. The van der Waals surface area contributed by atoms with Gasteiger partial charge in [-0.2, -0.15) is 9.55 Å². The van der Waals surface area contributed by atoms with Crippen LogP contribution >= 0.6 is 0 Å². The summed E-state index contributed by atoms with van der Waals surface area (Å²) in [7, 11) is 3.23. The first kappa shape index (κ1) is 15.4. The molecule has 3 atom stereocenters. The van der Waals surface area contributed by atoms with Crippen LogP contribution < -0.4 is 21.2 Å². The van der Waals surface area contributed by atoms with Crippen LogP contribution in [0.5, 0.6) is 0 Å². The molecule has 1 fully saturated rings. The Morgan fingerprint density at radius 3 is 3.13 bits per heavy atom. The number of aromatic nitrogens is 4. The number of nitrogens with two attached hydrogens (primary N) is 1. The van der Waals surface area contributed by atoms with Crippen LogP contribution in [0.1, 0.15) is 12.6 Å². The highest BCUT2D eigenvalue weighted by Gasteiger charge is 2.42. The molecule has 5 N–H and O–H groups in total. The lowest BCUT2D eigenvalue weighted by Gasteiger charge is -2.14. The third-order valence-corrected chi connectivity index (χ3v) is 4.05. The van der Waals surface area contributed by atoms with E-state index in [9.17, 15) is 14.7 Å². The Hall–Kier alpha value is -2.46. The van der Waals surface area contributed by atoms with Gasteiger partial charge in [0.25, 0.3) is 11.2 Å². The van der Waals surface area contributed by atoms with Crippen molar-refractivity contribution < 1.29 is 19.2 Å². The van der Waals surface area contributed by atoms with Gasteiger partial charge >= 0.3 is 5.56 Å². The number of carbonyl (C=O) groups is 1. The van der Waals surface area contributed by atoms with Crippen LogP contribution in [0.25, 0.3) is 11.2 Å². The molecule has 2 aromatic heterocycles. The minimum Gasteiger partial charge on any atom is -0.386 e. The van der Waals surface area contributed by atoms with Crippen LogP contribution in [-0.2, 0) is 16.6 Å². The van der Waals surface area contributed by atoms with Crippen LogP contribution in [-0.4, -0.2) is 45.3 Å². The van der Waals surface area contributed by atoms with Crippen molar-refractivity contribution in [2.45, 2.75) is 18.8 Å². The predicted octanol–water partition coefficient (Wildman–Crippen LogP) is -2.23. The molecule has 2 unspecified atom stereocenters. The topological polar surface area (TPSA) is 139 Å². The fourth-order valence-corrected chi connectivity index (χ4v) is 2.87. The van der Waals surface area contributed by atoms with Crippen LogP contribution in [0.2, 0.25) is 0 Å². The summed E-state index contributed by atoms with van der Waals surface area (Å²) >= 11 is 0.